The molecule has 3 N–H and O–H groups in total. The Hall–Kier alpha value is -2.44. The molecule has 3 rings (SSSR count). The van der Waals surface area contributed by atoms with Gasteiger partial charge in [0.1, 0.15) is 12.4 Å². The highest BCUT2D eigenvalue weighted by Crippen LogP contribution is 2.39. The molecule has 2 aromatic carbocycles. The van der Waals surface area contributed by atoms with Crippen LogP contribution in [0.2, 0.25) is 5.02 Å². The van der Waals surface area contributed by atoms with Crippen molar-refractivity contribution in [2.24, 2.45) is 5.73 Å². The van der Waals surface area contributed by atoms with Crippen LogP contribution in [0.5, 0.6) is 11.5 Å². The lowest BCUT2D eigenvalue weighted by Crippen LogP contribution is -2.29. The van der Waals surface area contributed by atoms with E-state index in [1.807, 2.05) is 52.0 Å². The van der Waals surface area contributed by atoms with Crippen LogP contribution >= 0.6 is 11.6 Å². The Morgan fingerprint density at radius 1 is 1.09 bits per heavy atom. The molecule has 0 spiro atoms. The van der Waals surface area contributed by atoms with Crippen molar-refractivity contribution >= 4 is 28.9 Å². The van der Waals surface area contributed by atoms with E-state index in [0.29, 0.717) is 35.2 Å². The molecule has 0 aromatic heterocycles. The molecule has 0 radical (unpaired) electrons. The summed E-state index contributed by atoms with van der Waals surface area (Å²) in [6.07, 6.45) is 3.55. The summed E-state index contributed by atoms with van der Waals surface area (Å²) in [4.78, 5) is 15.5. The maximum Gasteiger partial charge on any atom is 0.255 e. The number of halogens is 1. The van der Waals surface area contributed by atoms with Crippen LogP contribution < -0.4 is 25.4 Å². The zero-order valence-corrected chi connectivity index (χ0v) is 20.2. The lowest BCUT2D eigenvalue weighted by Gasteiger charge is -2.30. The van der Waals surface area contributed by atoms with Gasteiger partial charge < -0.3 is 25.4 Å². The minimum absolute atomic E-state index is 0.0642. The van der Waals surface area contributed by atoms with Gasteiger partial charge in [0.05, 0.1) is 17.3 Å². The molecule has 0 aliphatic carbocycles. The summed E-state index contributed by atoms with van der Waals surface area (Å²) in [5.74, 6) is 1.04. The molecule has 174 valence electrons. The molecule has 1 amide bonds. The number of rotatable bonds is 8. The summed E-state index contributed by atoms with van der Waals surface area (Å²) in [7, 11) is 0. The average molecular weight is 460 g/mol. The molecule has 0 bridgehead atoms. The maximum absolute atomic E-state index is 13.2. The van der Waals surface area contributed by atoms with Crippen LogP contribution in [-0.4, -0.2) is 38.3 Å². The first kappa shape index (κ1) is 24.2. The zero-order valence-electron chi connectivity index (χ0n) is 19.5. The van der Waals surface area contributed by atoms with Gasteiger partial charge in [-0.05, 0) is 82.3 Å². The zero-order chi connectivity index (χ0) is 23.3. The van der Waals surface area contributed by atoms with Crippen molar-refractivity contribution in [1.29, 1.82) is 0 Å². The van der Waals surface area contributed by atoms with Crippen molar-refractivity contribution in [3.8, 4) is 11.5 Å². The normalized spacial score (nSPS) is 14.8. The molecule has 1 atom stereocenters. The molecule has 0 unspecified atom stereocenters. The molecule has 7 heteroatoms. The molecule has 1 heterocycles. The first-order valence-electron chi connectivity index (χ1n) is 11.3. The Balaban J connectivity index is 1.88. The number of carbonyl (C=O) groups excluding carboxylic acids is 1. The van der Waals surface area contributed by atoms with Gasteiger partial charge in [-0.2, -0.15) is 0 Å². The highest BCUT2D eigenvalue weighted by Gasteiger charge is 2.19. The molecule has 1 aliphatic rings. The van der Waals surface area contributed by atoms with Gasteiger partial charge in [0, 0.05) is 30.4 Å². The summed E-state index contributed by atoms with van der Waals surface area (Å²) < 4.78 is 11.6. The van der Waals surface area contributed by atoms with E-state index < -0.39 is 0 Å². The Kier molecular flexibility index (Phi) is 8.26. The second-order valence-electron chi connectivity index (χ2n) is 8.47. The smallest absolute Gasteiger partial charge is 0.255 e. The molecule has 1 saturated heterocycles. The fourth-order valence-electron chi connectivity index (χ4n) is 4.02. The maximum atomic E-state index is 13.2. The van der Waals surface area contributed by atoms with E-state index in [-0.39, 0.29) is 11.9 Å². The second kappa shape index (κ2) is 10.9. The third kappa shape index (κ3) is 5.87. The molecular formula is C25H34ClN3O3. The van der Waals surface area contributed by atoms with Crippen LogP contribution in [0.1, 0.15) is 54.6 Å². The number of hydrogen-bond donors (Lipinski definition) is 2. The Bertz CT molecular complexity index is 933. The third-order valence-corrected chi connectivity index (χ3v) is 5.78. The van der Waals surface area contributed by atoms with Gasteiger partial charge in [-0.25, -0.2) is 0 Å². The molecule has 32 heavy (non-hydrogen) atoms. The monoisotopic (exact) mass is 459 g/mol. The summed E-state index contributed by atoms with van der Waals surface area (Å²) >= 11 is 6.56. The van der Waals surface area contributed by atoms with Gasteiger partial charge in [-0.15, -0.1) is 0 Å². The topological polar surface area (TPSA) is 76.8 Å². The van der Waals surface area contributed by atoms with Crippen LogP contribution in [-0.2, 0) is 0 Å². The Morgan fingerprint density at radius 2 is 1.75 bits per heavy atom. The number of ether oxygens (including phenoxy) is 2. The summed E-state index contributed by atoms with van der Waals surface area (Å²) in [6, 6.07) is 7.47. The summed E-state index contributed by atoms with van der Waals surface area (Å²) in [5, 5.41) is 3.52. The second-order valence-corrected chi connectivity index (χ2v) is 8.87. The Labute approximate surface area is 196 Å². The van der Waals surface area contributed by atoms with Gasteiger partial charge in [0.2, 0.25) is 0 Å². The first-order valence-corrected chi connectivity index (χ1v) is 11.7. The first-order chi connectivity index (χ1) is 15.3. The number of nitrogens with one attached hydrogen (secondary N) is 1. The predicted molar refractivity (Wildman–Crippen MR) is 132 cm³/mol. The van der Waals surface area contributed by atoms with Gasteiger partial charge in [-0.3, -0.25) is 4.79 Å². The van der Waals surface area contributed by atoms with Crippen molar-refractivity contribution in [1.82, 2.24) is 0 Å². The van der Waals surface area contributed by atoms with Crippen LogP contribution in [0.15, 0.2) is 24.3 Å². The number of nitrogens with two attached hydrogens (primary N) is 1. The van der Waals surface area contributed by atoms with Gasteiger partial charge >= 0.3 is 0 Å². The number of piperidine rings is 1. The van der Waals surface area contributed by atoms with Crippen molar-refractivity contribution in [2.45, 2.75) is 53.0 Å². The summed E-state index contributed by atoms with van der Waals surface area (Å²) in [6.45, 7) is 10.5. The molecule has 2 aromatic rings. The number of carbonyl (C=O) groups is 1. The van der Waals surface area contributed by atoms with Crippen molar-refractivity contribution in [3.63, 3.8) is 0 Å². The van der Waals surface area contributed by atoms with E-state index in [9.17, 15) is 4.79 Å². The molecule has 1 fully saturated rings. The number of amides is 1. The predicted octanol–water partition coefficient (Wildman–Crippen LogP) is 5.32. The van der Waals surface area contributed by atoms with E-state index in [1.54, 1.807) is 0 Å². The number of hydrogen-bond acceptors (Lipinski definition) is 5. The van der Waals surface area contributed by atoms with E-state index in [2.05, 4.69) is 10.2 Å². The van der Waals surface area contributed by atoms with Crippen LogP contribution in [0.3, 0.4) is 0 Å². The third-order valence-electron chi connectivity index (χ3n) is 5.50. The highest BCUT2D eigenvalue weighted by atomic mass is 35.5. The van der Waals surface area contributed by atoms with Crippen LogP contribution in [0, 0.1) is 13.8 Å². The van der Waals surface area contributed by atoms with E-state index in [4.69, 9.17) is 26.8 Å². The molecule has 0 saturated carbocycles. The highest BCUT2D eigenvalue weighted by molar-refractivity contribution is 6.33. The van der Waals surface area contributed by atoms with E-state index in [1.165, 1.54) is 6.42 Å². The minimum Gasteiger partial charge on any atom is -0.491 e. The molecule has 1 aliphatic heterocycles. The lowest BCUT2D eigenvalue weighted by atomic mass is 10.0. The fourth-order valence-corrected chi connectivity index (χ4v) is 4.28. The number of anilines is 2. The average Bonchev–Trinajstić information content (AvgIpc) is 2.75. The lowest BCUT2D eigenvalue weighted by molar-refractivity contribution is 0.102. The van der Waals surface area contributed by atoms with Crippen molar-refractivity contribution in [3.05, 3.63) is 46.0 Å². The SMILES string of the molecule is CCOc1c(Cl)cc(N2CCCCC2)cc1NC(=O)c1cc(C)c(OC[C@@H](C)N)c(C)c1. The standard InChI is InChI=1S/C25H34ClN3O3/c1-5-31-24-21(26)13-20(29-9-7-6-8-10-29)14-22(24)28-25(30)19-11-16(2)23(17(3)12-19)32-15-18(4)27/h11-14,18H,5-10,15,27H2,1-4H3,(H,28,30)/t18-/m1/s1. The van der Waals surface area contributed by atoms with Gasteiger partial charge in [-0.1, -0.05) is 11.6 Å². The van der Waals surface area contributed by atoms with Gasteiger partial charge in [0.25, 0.3) is 5.91 Å². The minimum atomic E-state index is -0.220. The molecular weight excluding hydrogens is 426 g/mol. The van der Waals surface area contributed by atoms with Crippen LogP contribution in [0.25, 0.3) is 0 Å². The van der Waals surface area contributed by atoms with Gasteiger partial charge in [0.15, 0.2) is 5.75 Å². The number of aryl methyl sites for hydroxylation is 2. The van der Waals surface area contributed by atoms with Crippen molar-refractivity contribution in [2.75, 3.05) is 36.5 Å². The molecule has 6 nitrogen and oxygen atoms in total. The quantitative estimate of drug-likeness (QED) is 0.558. The largest absolute Gasteiger partial charge is 0.491 e. The van der Waals surface area contributed by atoms with Crippen molar-refractivity contribution < 1.29 is 14.3 Å². The number of nitrogens with zero attached hydrogens (tertiary/aromatic N) is 1. The Morgan fingerprint density at radius 3 is 2.34 bits per heavy atom. The fraction of sp³-hybridized carbons (Fsp3) is 0.480. The van der Waals surface area contributed by atoms with E-state index in [0.717, 1.165) is 48.5 Å². The van der Waals surface area contributed by atoms with E-state index >= 15 is 0 Å². The number of benzene rings is 2. The summed E-state index contributed by atoms with van der Waals surface area (Å²) in [5.41, 5.74) is 9.72. The van der Waals surface area contributed by atoms with Crippen LogP contribution in [0.4, 0.5) is 11.4 Å².